The maximum Gasteiger partial charge on any atom is 0.176 e. The van der Waals surface area contributed by atoms with Gasteiger partial charge in [-0.3, -0.25) is 0 Å². The van der Waals surface area contributed by atoms with Gasteiger partial charge in [0, 0.05) is 0 Å². The van der Waals surface area contributed by atoms with Gasteiger partial charge in [-0.15, -0.1) is 11.8 Å². The third kappa shape index (κ3) is 2.12. The van der Waals surface area contributed by atoms with Crippen LogP contribution in [-0.2, 0) is 0 Å². The van der Waals surface area contributed by atoms with Gasteiger partial charge in [0.15, 0.2) is 11.6 Å². The van der Waals surface area contributed by atoms with Gasteiger partial charge in [0.05, 0.1) is 12.0 Å². The van der Waals surface area contributed by atoms with Crippen LogP contribution in [0.3, 0.4) is 0 Å². The number of halogens is 2. The zero-order valence-corrected chi connectivity index (χ0v) is 8.25. The Bertz CT molecular complexity index is 302. The highest BCUT2D eigenvalue weighted by Gasteiger charge is 2.13. The summed E-state index contributed by atoms with van der Waals surface area (Å²) < 4.78 is 30.8. The molecule has 0 heterocycles. The first-order chi connectivity index (χ1) is 6.20. The molecule has 0 aromatic heterocycles. The van der Waals surface area contributed by atoms with Crippen molar-refractivity contribution in [2.45, 2.75) is 11.8 Å². The molecular weight excluding hydrogens is 194 g/mol. The first-order valence-electron chi connectivity index (χ1n) is 3.85. The molecule has 1 aromatic rings. The van der Waals surface area contributed by atoms with Gasteiger partial charge in [0.25, 0.3) is 0 Å². The van der Waals surface area contributed by atoms with Gasteiger partial charge in [0.1, 0.15) is 5.75 Å². The molecule has 0 aliphatic carbocycles. The lowest BCUT2D eigenvalue weighted by atomic mass is 10.3. The maximum atomic E-state index is 13.2. The lowest BCUT2D eigenvalue weighted by molar-refractivity contribution is 0.389. The Morgan fingerprint density at radius 3 is 2.62 bits per heavy atom. The SMILES string of the molecule is CCSc1c(OC)ccc(F)c1F. The number of thioether (sulfide) groups is 1. The lowest BCUT2D eigenvalue weighted by Gasteiger charge is -2.07. The molecule has 0 amide bonds. The van der Waals surface area contributed by atoms with Crippen molar-refractivity contribution in [2.75, 3.05) is 12.9 Å². The zero-order valence-electron chi connectivity index (χ0n) is 7.43. The molecule has 0 saturated carbocycles. The minimum absolute atomic E-state index is 0.241. The molecule has 0 spiro atoms. The summed E-state index contributed by atoms with van der Waals surface area (Å²) >= 11 is 1.23. The highest BCUT2D eigenvalue weighted by molar-refractivity contribution is 7.99. The van der Waals surface area contributed by atoms with Gasteiger partial charge >= 0.3 is 0 Å². The Labute approximate surface area is 80.1 Å². The van der Waals surface area contributed by atoms with Crippen molar-refractivity contribution >= 4 is 11.8 Å². The second-order valence-corrected chi connectivity index (χ2v) is 3.60. The molecule has 1 aromatic carbocycles. The van der Waals surface area contributed by atoms with Gasteiger partial charge < -0.3 is 4.74 Å². The summed E-state index contributed by atoms with van der Waals surface area (Å²) in [5, 5.41) is 0. The highest BCUT2D eigenvalue weighted by Crippen LogP contribution is 2.32. The largest absolute Gasteiger partial charge is 0.495 e. The minimum atomic E-state index is -0.836. The van der Waals surface area contributed by atoms with E-state index in [1.54, 1.807) is 0 Å². The number of methoxy groups -OCH3 is 1. The molecule has 0 N–H and O–H groups in total. The molecule has 0 bridgehead atoms. The number of benzene rings is 1. The lowest BCUT2D eigenvalue weighted by Crippen LogP contribution is -1.93. The average Bonchev–Trinajstić information content (AvgIpc) is 2.14. The van der Waals surface area contributed by atoms with E-state index in [9.17, 15) is 8.78 Å². The summed E-state index contributed by atoms with van der Waals surface area (Å²) in [7, 11) is 1.44. The van der Waals surface area contributed by atoms with Crippen molar-refractivity contribution < 1.29 is 13.5 Å². The molecule has 0 aliphatic heterocycles. The van der Waals surface area contributed by atoms with E-state index in [0.29, 0.717) is 11.5 Å². The number of hydrogen-bond donors (Lipinski definition) is 0. The van der Waals surface area contributed by atoms with E-state index in [1.165, 1.54) is 24.9 Å². The molecule has 72 valence electrons. The van der Waals surface area contributed by atoms with Crippen molar-refractivity contribution in [3.8, 4) is 5.75 Å². The van der Waals surface area contributed by atoms with Gasteiger partial charge in [-0.1, -0.05) is 6.92 Å². The van der Waals surface area contributed by atoms with Crippen LogP contribution in [-0.4, -0.2) is 12.9 Å². The molecule has 13 heavy (non-hydrogen) atoms. The molecule has 0 saturated heterocycles. The molecule has 4 heteroatoms. The molecule has 0 radical (unpaired) electrons. The standard InChI is InChI=1S/C9H10F2OS/c1-3-13-9-7(12-2)5-4-6(10)8(9)11/h4-5H,3H2,1-2H3. The van der Waals surface area contributed by atoms with E-state index < -0.39 is 11.6 Å². The normalized spacial score (nSPS) is 10.2. The van der Waals surface area contributed by atoms with Crippen molar-refractivity contribution in [3.63, 3.8) is 0 Å². The van der Waals surface area contributed by atoms with Crippen LogP contribution < -0.4 is 4.74 Å². The minimum Gasteiger partial charge on any atom is -0.495 e. The maximum absolute atomic E-state index is 13.2. The van der Waals surface area contributed by atoms with Gasteiger partial charge in [-0.05, 0) is 17.9 Å². The van der Waals surface area contributed by atoms with Crippen molar-refractivity contribution in [2.24, 2.45) is 0 Å². The van der Waals surface area contributed by atoms with Crippen LogP contribution in [0.2, 0.25) is 0 Å². The van der Waals surface area contributed by atoms with Crippen molar-refractivity contribution in [1.29, 1.82) is 0 Å². The Kier molecular flexibility index (Phi) is 3.54. The number of rotatable bonds is 3. The average molecular weight is 204 g/mol. The second kappa shape index (κ2) is 4.46. The van der Waals surface area contributed by atoms with Crippen LogP contribution in [0, 0.1) is 11.6 Å². The van der Waals surface area contributed by atoms with Crippen molar-refractivity contribution in [3.05, 3.63) is 23.8 Å². The van der Waals surface area contributed by atoms with Gasteiger partial charge in [-0.25, -0.2) is 8.78 Å². The smallest absolute Gasteiger partial charge is 0.176 e. The second-order valence-electron chi connectivity index (χ2n) is 2.33. The zero-order chi connectivity index (χ0) is 9.84. The van der Waals surface area contributed by atoms with E-state index in [2.05, 4.69) is 0 Å². The topological polar surface area (TPSA) is 9.23 Å². The van der Waals surface area contributed by atoms with E-state index in [0.717, 1.165) is 6.07 Å². The monoisotopic (exact) mass is 204 g/mol. The summed E-state index contributed by atoms with van der Waals surface area (Å²) in [5.41, 5.74) is 0. The molecule has 1 rings (SSSR count). The third-order valence-electron chi connectivity index (χ3n) is 1.52. The number of hydrogen-bond acceptors (Lipinski definition) is 2. The van der Waals surface area contributed by atoms with E-state index in [4.69, 9.17) is 4.74 Å². The third-order valence-corrected chi connectivity index (χ3v) is 2.48. The molecule has 1 nitrogen and oxygen atoms in total. The summed E-state index contributed by atoms with van der Waals surface area (Å²) in [6.45, 7) is 1.87. The van der Waals surface area contributed by atoms with Gasteiger partial charge in [0.2, 0.25) is 0 Å². The van der Waals surface area contributed by atoms with Crippen LogP contribution in [0.1, 0.15) is 6.92 Å². The first kappa shape index (κ1) is 10.3. The Hall–Kier alpha value is -0.770. The quantitative estimate of drug-likeness (QED) is 0.700. The van der Waals surface area contributed by atoms with Crippen LogP contribution in [0.5, 0.6) is 5.75 Å². The summed E-state index contributed by atoms with van der Waals surface area (Å²) in [5.74, 6) is -0.606. The molecule has 0 fully saturated rings. The van der Waals surface area contributed by atoms with Crippen LogP contribution in [0.15, 0.2) is 17.0 Å². The molecular formula is C9H10F2OS. The Morgan fingerprint density at radius 1 is 1.38 bits per heavy atom. The van der Waals surface area contributed by atoms with Crippen LogP contribution in [0.4, 0.5) is 8.78 Å². The Balaban J connectivity index is 3.15. The van der Waals surface area contributed by atoms with Crippen LogP contribution >= 0.6 is 11.8 Å². The Morgan fingerprint density at radius 2 is 2.08 bits per heavy atom. The van der Waals surface area contributed by atoms with E-state index in [1.807, 2.05) is 6.92 Å². The van der Waals surface area contributed by atoms with Crippen LogP contribution in [0.25, 0.3) is 0 Å². The predicted molar refractivity (Wildman–Crippen MR) is 49.3 cm³/mol. The first-order valence-corrected chi connectivity index (χ1v) is 4.84. The van der Waals surface area contributed by atoms with E-state index in [-0.39, 0.29) is 4.90 Å². The fourth-order valence-electron chi connectivity index (χ4n) is 0.954. The summed E-state index contributed by atoms with van der Waals surface area (Å²) in [6.07, 6.45) is 0. The number of ether oxygens (including phenoxy) is 1. The summed E-state index contributed by atoms with van der Waals surface area (Å²) in [4.78, 5) is 0.241. The predicted octanol–water partition coefficient (Wildman–Crippen LogP) is 3.09. The van der Waals surface area contributed by atoms with Gasteiger partial charge in [-0.2, -0.15) is 0 Å². The van der Waals surface area contributed by atoms with Crippen molar-refractivity contribution in [1.82, 2.24) is 0 Å². The fraction of sp³-hybridized carbons (Fsp3) is 0.333. The molecule has 0 unspecified atom stereocenters. The van der Waals surface area contributed by atoms with E-state index >= 15 is 0 Å². The highest BCUT2D eigenvalue weighted by atomic mass is 32.2. The summed E-state index contributed by atoms with van der Waals surface area (Å²) in [6, 6.07) is 2.49. The fourth-order valence-corrected chi connectivity index (χ4v) is 1.76. The molecule has 0 aliphatic rings. The molecule has 0 atom stereocenters.